The van der Waals surface area contributed by atoms with Gasteiger partial charge in [-0.3, -0.25) is 4.98 Å². The number of hydrogen-bond acceptors (Lipinski definition) is 8. The fourth-order valence-electron chi connectivity index (χ4n) is 2.39. The summed E-state index contributed by atoms with van der Waals surface area (Å²) in [5, 5.41) is 14.5. The molecule has 0 saturated carbocycles. The van der Waals surface area contributed by atoms with Gasteiger partial charge in [-0.05, 0) is 31.2 Å². The van der Waals surface area contributed by atoms with E-state index in [9.17, 15) is 31.4 Å². The standard InChI is InChI=1S/C18H15F6N7O/c1-9(8-32)26-15-29-14(11-3-2-4-12(28-11)17(19,20)21)30-16(31-15)27-10-5-6-25-13(7-10)18(22,23)24/h2-7,9,32H,8H2,1H3,(H2,25,26,27,29,30,31). The van der Waals surface area contributed by atoms with Crippen LogP contribution >= 0.6 is 0 Å². The molecule has 0 saturated heterocycles. The van der Waals surface area contributed by atoms with Gasteiger partial charge in [0, 0.05) is 17.9 Å². The molecule has 0 fully saturated rings. The zero-order valence-corrected chi connectivity index (χ0v) is 16.2. The maximum atomic E-state index is 13.0. The van der Waals surface area contributed by atoms with Gasteiger partial charge in [0.2, 0.25) is 11.9 Å². The molecule has 3 N–H and O–H groups in total. The quantitative estimate of drug-likeness (QED) is 0.477. The third kappa shape index (κ3) is 5.78. The van der Waals surface area contributed by atoms with Gasteiger partial charge < -0.3 is 15.7 Å². The predicted molar refractivity (Wildman–Crippen MR) is 101 cm³/mol. The Bertz CT molecular complexity index is 1090. The summed E-state index contributed by atoms with van der Waals surface area (Å²) in [4.78, 5) is 18.7. The first-order valence-corrected chi connectivity index (χ1v) is 8.94. The number of rotatable bonds is 6. The number of aliphatic hydroxyl groups excluding tert-OH is 1. The first-order valence-electron chi connectivity index (χ1n) is 8.94. The van der Waals surface area contributed by atoms with E-state index in [-0.39, 0.29) is 35.7 Å². The normalized spacial score (nSPS) is 13.0. The van der Waals surface area contributed by atoms with Crippen molar-refractivity contribution in [2.75, 3.05) is 17.2 Å². The Balaban J connectivity index is 2.03. The lowest BCUT2D eigenvalue weighted by molar-refractivity contribution is -0.141. The Morgan fingerprint density at radius 3 is 2.25 bits per heavy atom. The summed E-state index contributed by atoms with van der Waals surface area (Å²) in [6, 6.07) is 4.53. The number of aromatic nitrogens is 5. The molecule has 32 heavy (non-hydrogen) atoms. The first kappa shape index (κ1) is 23.1. The van der Waals surface area contributed by atoms with Crippen LogP contribution in [0.3, 0.4) is 0 Å². The van der Waals surface area contributed by atoms with Gasteiger partial charge in [0.25, 0.3) is 0 Å². The van der Waals surface area contributed by atoms with Crippen LogP contribution in [0.5, 0.6) is 0 Å². The van der Waals surface area contributed by atoms with E-state index >= 15 is 0 Å². The number of anilines is 3. The lowest BCUT2D eigenvalue weighted by Gasteiger charge is -2.14. The van der Waals surface area contributed by atoms with Crippen molar-refractivity contribution in [2.45, 2.75) is 25.3 Å². The zero-order valence-electron chi connectivity index (χ0n) is 16.2. The van der Waals surface area contributed by atoms with Crippen molar-refractivity contribution in [1.82, 2.24) is 24.9 Å². The molecule has 3 rings (SSSR count). The van der Waals surface area contributed by atoms with Crippen LogP contribution in [0.15, 0.2) is 36.5 Å². The molecular weight excluding hydrogens is 444 g/mol. The number of pyridine rings is 2. The molecule has 0 aliphatic carbocycles. The molecule has 0 spiro atoms. The Morgan fingerprint density at radius 1 is 0.906 bits per heavy atom. The van der Waals surface area contributed by atoms with Gasteiger partial charge in [-0.1, -0.05) is 6.07 Å². The third-order valence-electron chi connectivity index (χ3n) is 3.86. The number of hydrogen-bond donors (Lipinski definition) is 3. The van der Waals surface area contributed by atoms with Gasteiger partial charge in [0.05, 0.1) is 6.61 Å². The van der Waals surface area contributed by atoms with Crippen molar-refractivity contribution in [1.29, 1.82) is 0 Å². The number of nitrogens with one attached hydrogen (secondary N) is 2. The number of halogens is 6. The van der Waals surface area contributed by atoms with Crippen molar-refractivity contribution in [3.05, 3.63) is 47.9 Å². The topological polar surface area (TPSA) is 109 Å². The first-order chi connectivity index (χ1) is 15.0. The van der Waals surface area contributed by atoms with Crippen molar-refractivity contribution >= 4 is 17.6 Å². The summed E-state index contributed by atoms with van der Waals surface area (Å²) >= 11 is 0. The Hall–Kier alpha value is -3.55. The Kier molecular flexibility index (Phi) is 6.43. The Labute approximate surface area is 176 Å². The summed E-state index contributed by atoms with van der Waals surface area (Å²) < 4.78 is 77.8. The summed E-state index contributed by atoms with van der Waals surface area (Å²) in [7, 11) is 0. The minimum atomic E-state index is -4.71. The number of aliphatic hydroxyl groups is 1. The summed E-state index contributed by atoms with van der Waals surface area (Å²) in [6.07, 6.45) is -8.47. The zero-order chi connectivity index (χ0) is 23.5. The van der Waals surface area contributed by atoms with Gasteiger partial charge in [-0.2, -0.15) is 41.3 Å². The molecule has 0 radical (unpaired) electrons. The van der Waals surface area contributed by atoms with Crippen LogP contribution in [0.25, 0.3) is 11.5 Å². The molecule has 0 amide bonds. The van der Waals surface area contributed by atoms with Crippen LogP contribution in [0, 0.1) is 0 Å². The second-order valence-electron chi connectivity index (χ2n) is 6.49. The molecule has 0 aliphatic rings. The monoisotopic (exact) mass is 459 g/mol. The van der Waals surface area contributed by atoms with Crippen LogP contribution in [-0.4, -0.2) is 42.7 Å². The summed E-state index contributed by atoms with van der Waals surface area (Å²) in [5.74, 6) is -0.670. The van der Waals surface area contributed by atoms with Gasteiger partial charge in [-0.15, -0.1) is 0 Å². The van der Waals surface area contributed by atoms with Crippen molar-refractivity contribution in [3.8, 4) is 11.5 Å². The minimum Gasteiger partial charge on any atom is -0.394 e. The highest BCUT2D eigenvalue weighted by Gasteiger charge is 2.33. The van der Waals surface area contributed by atoms with Gasteiger partial charge >= 0.3 is 12.4 Å². The molecule has 14 heteroatoms. The fraction of sp³-hybridized carbons (Fsp3) is 0.278. The molecule has 8 nitrogen and oxygen atoms in total. The highest BCUT2D eigenvalue weighted by atomic mass is 19.4. The molecule has 1 atom stereocenters. The van der Waals surface area contributed by atoms with Gasteiger partial charge in [-0.25, -0.2) is 4.98 Å². The lowest BCUT2D eigenvalue weighted by Crippen LogP contribution is -2.21. The average Bonchev–Trinajstić information content (AvgIpc) is 2.72. The van der Waals surface area contributed by atoms with E-state index in [2.05, 4.69) is 35.6 Å². The molecule has 0 aromatic carbocycles. The molecule has 3 aromatic heterocycles. The highest BCUT2D eigenvalue weighted by Crippen LogP contribution is 2.31. The maximum absolute atomic E-state index is 13.0. The summed E-state index contributed by atoms with van der Waals surface area (Å²) in [5.41, 5.74) is -2.64. The van der Waals surface area contributed by atoms with Crippen LogP contribution in [-0.2, 0) is 12.4 Å². The van der Waals surface area contributed by atoms with Crippen LogP contribution in [0.2, 0.25) is 0 Å². The van der Waals surface area contributed by atoms with Crippen LogP contribution < -0.4 is 10.6 Å². The average molecular weight is 459 g/mol. The van der Waals surface area contributed by atoms with E-state index in [0.29, 0.717) is 0 Å². The summed E-state index contributed by atoms with van der Waals surface area (Å²) in [6.45, 7) is 1.27. The number of alkyl halides is 6. The Morgan fingerprint density at radius 2 is 1.59 bits per heavy atom. The van der Waals surface area contributed by atoms with Crippen molar-refractivity contribution in [3.63, 3.8) is 0 Å². The molecule has 3 heterocycles. The second-order valence-corrected chi connectivity index (χ2v) is 6.49. The third-order valence-corrected chi connectivity index (χ3v) is 3.86. The maximum Gasteiger partial charge on any atom is 0.433 e. The highest BCUT2D eigenvalue weighted by molar-refractivity contribution is 5.59. The molecule has 170 valence electrons. The van der Waals surface area contributed by atoms with Gasteiger partial charge in [0.1, 0.15) is 17.1 Å². The van der Waals surface area contributed by atoms with Crippen molar-refractivity contribution < 1.29 is 31.4 Å². The largest absolute Gasteiger partial charge is 0.433 e. The van der Waals surface area contributed by atoms with E-state index in [1.807, 2.05) is 0 Å². The fourth-order valence-corrected chi connectivity index (χ4v) is 2.39. The second kappa shape index (κ2) is 8.90. The van der Waals surface area contributed by atoms with E-state index in [1.165, 1.54) is 12.1 Å². The molecule has 0 bridgehead atoms. The number of nitrogens with zero attached hydrogens (tertiary/aromatic N) is 5. The molecule has 1 unspecified atom stereocenters. The van der Waals surface area contributed by atoms with Gasteiger partial charge in [0.15, 0.2) is 5.82 Å². The van der Waals surface area contributed by atoms with E-state index in [4.69, 9.17) is 0 Å². The predicted octanol–water partition coefficient (Wildman–Crippen LogP) is 3.90. The minimum absolute atomic E-state index is 0.0670. The SMILES string of the molecule is CC(CO)Nc1nc(Nc2ccnc(C(F)(F)F)c2)nc(-c2cccc(C(F)(F)F)n2)n1. The van der Waals surface area contributed by atoms with E-state index in [1.54, 1.807) is 6.92 Å². The molecule has 0 aliphatic heterocycles. The van der Waals surface area contributed by atoms with E-state index < -0.39 is 29.8 Å². The van der Waals surface area contributed by atoms with E-state index in [0.717, 1.165) is 24.4 Å². The molecular formula is C18H15F6N7O. The smallest absolute Gasteiger partial charge is 0.394 e. The molecule has 3 aromatic rings. The van der Waals surface area contributed by atoms with Crippen LogP contribution in [0.1, 0.15) is 18.3 Å². The lowest BCUT2D eigenvalue weighted by atomic mass is 10.3. The van der Waals surface area contributed by atoms with Crippen molar-refractivity contribution in [2.24, 2.45) is 0 Å². The van der Waals surface area contributed by atoms with Crippen LogP contribution in [0.4, 0.5) is 43.9 Å².